The zero-order valence-electron chi connectivity index (χ0n) is 10.8. The van der Waals surface area contributed by atoms with Crippen molar-refractivity contribution in [3.63, 3.8) is 0 Å². The summed E-state index contributed by atoms with van der Waals surface area (Å²) in [6.45, 7) is 3.21. The predicted octanol–water partition coefficient (Wildman–Crippen LogP) is 2.23. The van der Waals surface area contributed by atoms with E-state index in [-0.39, 0.29) is 0 Å². The lowest BCUT2D eigenvalue weighted by molar-refractivity contribution is -0.0800. The second-order valence-electron chi connectivity index (χ2n) is 7.00. The van der Waals surface area contributed by atoms with Crippen LogP contribution in [0.4, 0.5) is 0 Å². The fourth-order valence-corrected chi connectivity index (χ4v) is 5.16. The van der Waals surface area contributed by atoms with Crippen molar-refractivity contribution >= 4 is 0 Å². The molecule has 0 aliphatic heterocycles. The van der Waals surface area contributed by atoms with Crippen LogP contribution < -0.4 is 5.73 Å². The lowest BCUT2D eigenvalue weighted by Gasteiger charge is -2.60. The lowest BCUT2D eigenvalue weighted by atomic mass is 9.52. The maximum Gasteiger partial charge on any atom is 0.0215 e. The third-order valence-corrected chi connectivity index (χ3v) is 5.38. The molecule has 92 valence electrons. The summed E-state index contributed by atoms with van der Waals surface area (Å²) in [5, 5.41) is 0. The Hall–Kier alpha value is -0.0800. The topological polar surface area (TPSA) is 29.3 Å². The van der Waals surface area contributed by atoms with E-state index in [4.69, 9.17) is 5.73 Å². The maximum atomic E-state index is 5.97. The first kappa shape index (κ1) is 11.0. The van der Waals surface area contributed by atoms with E-state index >= 15 is 0 Å². The van der Waals surface area contributed by atoms with Crippen LogP contribution in [0.3, 0.4) is 0 Å². The first-order valence-corrected chi connectivity index (χ1v) is 7.04. The molecular formula is C14H26N2. The molecule has 0 spiro atoms. The van der Waals surface area contributed by atoms with Gasteiger partial charge < -0.3 is 5.73 Å². The van der Waals surface area contributed by atoms with E-state index in [0.717, 1.165) is 24.3 Å². The van der Waals surface area contributed by atoms with Crippen molar-refractivity contribution in [2.45, 2.75) is 57.0 Å². The van der Waals surface area contributed by atoms with Gasteiger partial charge in [0.25, 0.3) is 0 Å². The smallest absolute Gasteiger partial charge is 0.0215 e. The first-order valence-electron chi connectivity index (χ1n) is 7.04. The molecule has 4 saturated carbocycles. The largest absolute Gasteiger partial charge is 0.327 e. The Morgan fingerprint density at radius 3 is 1.94 bits per heavy atom. The van der Waals surface area contributed by atoms with Gasteiger partial charge in [-0.2, -0.15) is 0 Å². The van der Waals surface area contributed by atoms with Crippen LogP contribution in [0.15, 0.2) is 0 Å². The summed E-state index contributed by atoms with van der Waals surface area (Å²) in [6, 6.07) is 0.318. The van der Waals surface area contributed by atoms with Crippen LogP contribution in [-0.2, 0) is 0 Å². The molecule has 16 heavy (non-hydrogen) atoms. The number of rotatable bonds is 3. The van der Waals surface area contributed by atoms with Crippen LogP contribution in [0, 0.1) is 17.8 Å². The Kier molecular flexibility index (Phi) is 2.56. The third-order valence-electron chi connectivity index (χ3n) is 5.38. The Morgan fingerprint density at radius 1 is 1.12 bits per heavy atom. The highest BCUT2D eigenvalue weighted by Gasteiger charge is 2.52. The average Bonchev–Trinajstić information content (AvgIpc) is 2.13. The highest BCUT2D eigenvalue weighted by atomic mass is 15.2. The van der Waals surface area contributed by atoms with Crippen molar-refractivity contribution in [2.75, 3.05) is 13.6 Å². The Bertz CT molecular complexity index is 237. The normalized spacial score (nSPS) is 47.6. The minimum Gasteiger partial charge on any atom is -0.327 e. The SMILES string of the molecule is CC(N)CN(C)C12CC3CC(CC(C3)C1)C2. The second kappa shape index (κ2) is 3.71. The Balaban J connectivity index is 1.77. The maximum absolute atomic E-state index is 5.97. The van der Waals surface area contributed by atoms with Crippen molar-refractivity contribution < 1.29 is 0 Å². The van der Waals surface area contributed by atoms with Gasteiger partial charge in [0.15, 0.2) is 0 Å². The summed E-state index contributed by atoms with van der Waals surface area (Å²) in [4.78, 5) is 2.61. The van der Waals surface area contributed by atoms with E-state index in [1.165, 1.54) is 38.5 Å². The highest BCUT2D eigenvalue weighted by Crippen LogP contribution is 2.57. The average molecular weight is 222 g/mol. The van der Waals surface area contributed by atoms with Gasteiger partial charge in [-0.25, -0.2) is 0 Å². The molecule has 4 rings (SSSR count). The molecule has 0 amide bonds. The van der Waals surface area contributed by atoms with Crippen LogP contribution in [0.1, 0.15) is 45.4 Å². The molecule has 0 saturated heterocycles. The molecule has 1 atom stereocenters. The van der Waals surface area contributed by atoms with Crippen molar-refractivity contribution in [3.05, 3.63) is 0 Å². The molecule has 4 aliphatic carbocycles. The van der Waals surface area contributed by atoms with Gasteiger partial charge in [0.2, 0.25) is 0 Å². The van der Waals surface area contributed by atoms with E-state index < -0.39 is 0 Å². The Labute approximate surface area is 99.6 Å². The zero-order valence-corrected chi connectivity index (χ0v) is 10.8. The molecule has 1 unspecified atom stereocenters. The molecule has 0 radical (unpaired) electrons. The molecule has 4 fully saturated rings. The van der Waals surface area contributed by atoms with Gasteiger partial charge >= 0.3 is 0 Å². The molecule has 2 heteroatoms. The van der Waals surface area contributed by atoms with E-state index in [9.17, 15) is 0 Å². The number of hydrogen-bond donors (Lipinski definition) is 1. The molecule has 4 aliphatic rings. The third kappa shape index (κ3) is 1.70. The summed E-state index contributed by atoms with van der Waals surface area (Å²) in [7, 11) is 2.32. The minimum absolute atomic E-state index is 0.318. The second-order valence-corrected chi connectivity index (χ2v) is 7.00. The van der Waals surface area contributed by atoms with Crippen molar-refractivity contribution in [1.82, 2.24) is 4.90 Å². The van der Waals surface area contributed by atoms with Crippen LogP contribution in [-0.4, -0.2) is 30.1 Å². The van der Waals surface area contributed by atoms with Gasteiger partial charge in [-0.1, -0.05) is 0 Å². The quantitative estimate of drug-likeness (QED) is 0.793. The van der Waals surface area contributed by atoms with Crippen molar-refractivity contribution in [1.29, 1.82) is 0 Å². The molecule has 0 aromatic heterocycles. The fraction of sp³-hybridized carbons (Fsp3) is 1.00. The van der Waals surface area contributed by atoms with Crippen molar-refractivity contribution in [2.24, 2.45) is 23.5 Å². The van der Waals surface area contributed by atoms with E-state index in [1.807, 2.05) is 0 Å². The van der Waals surface area contributed by atoms with Gasteiger partial charge in [-0.3, -0.25) is 4.90 Å². The molecule has 2 N–H and O–H groups in total. The summed E-state index contributed by atoms with van der Waals surface area (Å²) >= 11 is 0. The van der Waals surface area contributed by atoms with Gasteiger partial charge in [0, 0.05) is 18.1 Å². The number of nitrogens with two attached hydrogens (primary N) is 1. The summed E-state index contributed by atoms with van der Waals surface area (Å²) in [5.74, 6) is 3.13. The predicted molar refractivity (Wildman–Crippen MR) is 67.2 cm³/mol. The van der Waals surface area contributed by atoms with Gasteiger partial charge in [0.05, 0.1) is 0 Å². The zero-order chi connectivity index (χ0) is 11.3. The van der Waals surface area contributed by atoms with Gasteiger partial charge in [-0.15, -0.1) is 0 Å². The molecule has 0 aromatic rings. The summed E-state index contributed by atoms with van der Waals surface area (Å²) < 4.78 is 0. The Morgan fingerprint density at radius 2 is 1.56 bits per heavy atom. The van der Waals surface area contributed by atoms with E-state index in [1.54, 1.807) is 0 Å². The molecule has 4 bridgehead atoms. The van der Waals surface area contributed by atoms with Crippen LogP contribution in [0.5, 0.6) is 0 Å². The first-order chi connectivity index (χ1) is 7.57. The monoisotopic (exact) mass is 222 g/mol. The van der Waals surface area contributed by atoms with Gasteiger partial charge in [-0.05, 0) is 70.3 Å². The van der Waals surface area contributed by atoms with Crippen LogP contribution >= 0.6 is 0 Å². The molecular weight excluding hydrogens is 196 g/mol. The summed E-state index contributed by atoms with van der Waals surface area (Å²) in [6.07, 6.45) is 8.98. The van der Waals surface area contributed by atoms with Crippen LogP contribution in [0.2, 0.25) is 0 Å². The van der Waals surface area contributed by atoms with Gasteiger partial charge in [0.1, 0.15) is 0 Å². The molecule has 0 aromatic carbocycles. The van der Waals surface area contributed by atoms with E-state index in [0.29, 0.717) is 11.6 Å². The van der Waals surface area contributed by atoms with Crippen LogP contribution in [0.25, 0.3) is 0 Å². The standard InChI is InChI=1S/C14H26N2/c1-10(15)9-16(2)14-6-11-3-12(7-14)5-13(4-11)8-14/h10-13H,3-9,15H2,1-2H3. The highest BCUT2D eigenvalue weighted by molar-refractivity contribution is 5.07. The number of likely N-dealkylation sites (N-methyl/N-ethyl adjacent to an activating group) is 1. The minimum atomic E-state index is 0.318. The molecule has 0 heterocycles. The summed E-state index contributed by atoms with van der Waals surface area (Å²) in [5.41, 5.74) is 6.51. The number of nitrogens with zero attached hydrogens (tertiary/aromatic N) is 1. The number of hydrogen-bond acceptors (Lipinski definition) is 2. The van der Waals surface area contributed by atoms with E-state index in [2.05, 4.69) is 18.9 Å². The molecule has 2 nitrogen and oxygen atoms in total. The fourth-order valence-electron chi connectivity index (χ4n) is 5.16. The van der Waals surface area contributed by atoms with Crippen molar-refractivity contribution in [3.8, 4) is 0 Å². The lowest BCUT2D eigenvalue weighted by Crippen LogP contribution is -2.60.